The van der Waals surface area contributed by atoms with Crippen molar-refractivity contribution in [1.82, 2.24) is 20.1 Å². The van der Waals surface area contributed by atoms with Crippen LogP contribution in [-0.4, -0.2) is 40.5 Å². The number of amides is 1. The number of hydrogen-bond donors (Lipinski definition) is 2. The summed E-state index contributed by atoms with van der Waals surface area (Å²) in [7, 11) is 1.62. The lowest BCUT2D eigenvalue weighted by Crippen LogP contribution is -2.24. The number of rotatable bonds is 9. The van der Waals surface area contributed by atoms with Crippen molar-refractivity contribution in [2.45, 2.75) is 45.9 Å². The first-order valence-corrected chi connectivity index (χ1v) is 11.4. The molecule has 1 unspecified atom stereocenters. The van der Waals surface area contributed by atoms with Gasteiger partial charge in [0.25, 0.3) is 0 Å². The van der Waals surface area contributed by atoms with Gasteiger partial charge in [0.2, 0.25) is 5.91 Å². The molecule has 2 aromatic carbocycles. The molecule has 33 heavy (non-hydrogen) atoms. The van der Waals surface area contributed by atoms with Gasteiger partial charge in [-0.3, -0.25) is 14.5 Å². The minimum atomic E-state index is -0.0870. The summed E-state index contributed by atoms with van der Waals surface area (Å²) in [5.74, 6) is 3.00. The second kappa shape index (κ2) is 10.1. The maximum Gasteiger partial charge on any atom is 0.222 e. The monoisotopic (exact) mass is 468 g/mol. The van der Waals surface area contributed by atoms with Gasteiger partial charge in [-0.1, -0.05) is 0 Å². The van der Waals surface area contributed by atoms with Gasteiger partial charge in [0.05, 0.1) is 13.7 Å². The average Bonchev–Trinajstić information content (AvgIpc) is 3.37. The molecule has 1 atom stereocenters. The first-order valence-electron chi connectivity index (χ1n) is 11.0. The lowest BCUT2D eigenvalue weighted by atomic mass is 10.1. The van der Waals surface area contributed by atoms with Crippen LogP contribution in [0.5, 0.6) is 17.2 Å². The normalized spacial score (nSPS) is 14.5. The van der Waals surface area contributed by atoms with Crippen molar-refractivity contribution >= 4 is 18.1 Å². The highest BCUT2D eigenvalue weighted by Crippen LogP contribution is 2.35. The van der Waals surface area contributed by atoms with Gasteiger partial charge in [-0.15, -0.1) is 0 Å². The molecule has 1 aromatic heterocycles. The van der Waals surface area contributed by atoms with Crippen molar-refractivity contribution in [2.75, 3.05) is 13.7 Å². The number of fused-ring (bicyclic) bond motifs is 1. The second-order valence-corrected chi connectivity index (χ2v) is 8.28. The molecule has 1 aliphatic heterocycles. The highest BCUT2D eigenvalue weighted by Gasteiger charge is 2.22. The summed E-state index contributed by atoms with van der Waals surface area (Å²) < 4.78 is 19.2. The Morgan fingerprint density at radius 1 is 1.33 bits per heavy atom. The Bertz CT molecular complexity index is 1190. The Morgan fingerprint density at radius 2 is 2.12 bits per heavy atom. The van der Waals surface area contributed by atoms with Gasteiger partial charge in [-0.25, -0.2) is 0 Å². The summed E-state index contributed by atoms with van der Waals surface area (Å²) in [6.07, 6.45) is 1.28. The number of carbonyl (C=O) groups is 1. The first kappa shape index (κ1) is 22.8. The van der Waals surface area contributed by atoms with Crippen LogP contribution in [0.25, 0.3) is 11.4 Å². The largest absolute Gasteiger partial charge is 0.497 e. The second-order valence-electron chi connectivity index (χ2n) is 7.89. The predicted molar refractivity (Wildman–Crippen MR) is 127 cm³/mol. The summed E-state index contributed by atoms with van der Waals surface area (Å²) in [6.45, 7) is 5.32. The van der Waals surface area contributed by atoms with E-state index in [1.54, 1.807) is 7.11 Å². The molecule has 2 heterocycles. The fourth-order valence-corrected chi connectivity index (χ4v) is 4.11. The predicted octanol–water partition coefficient (Wildman–Crippen LogP) is 4.04. The molecule has 1 aliphatic rings. The van der Waals surface area contributed by atoms with Crippen molar-refractivity contribution in [3.05, 3.63) is 52.3 Å². The molecule has 4 rings (SSSR count). The molecule has 0 saturated heterocycles. The smallest absolute Gasteiger partial charge is 0.222 e. The van der Waals surface area contributed by atoms with Crippen LogP contribution >= 0.6 is 12.2 Å². The molecule has 174 valence electrons. The van der Waals surface area contributed by atoms with Crippen LogP contribution < -0.4 is 19.5 Å². The Balaban J connectivity index is 1.40. The molecular formula is C24H28N4O4S. The van der Waals surface area contributed by atoms with Crippen LogP contribution in [0.4, 0.5) is 0 Å². The molecule has 0 radical (unpaired) electrons. The number of aromatic nitrogens is 3. The number of aromatic amines is 1. The maximum atomic E-state index is 12.6. The number of hydrogen-bond acceptors (Lipinski definition) is 6. The summed E-state index contributed by atoms with van der Waals surface area (Å²) in [5.41, 5.74) is 2.93. The van der Waals surface area contributed by atoms with Crippen LogP contribution in [0, 0.1) is 4.77 Å². The highest BCUT2D eigenvalue weighted by molar-refractivity contribution is 7.71. The van der Waals surface area contributed by atoms with Gasteiger partial charge in [0.1, 0.15) is 23.4 Å². The standard InChI is InChI=1S/C24H28N4O4S/c1-4-31-20-12-17-11-15(2)32-21(17)13-18(20)14-25-22(29)9-10-28-23(26-27-24(28)33)16-5-7-19(30-3)8-6-16/h5-8,12-13,15H,4,9-11,14H2,1-3H3,(H,25,29)(H,27,33). The number of ether oxygens (including phenoxy) is 3. The van der Waals surface area contributed by atoms with Gasteiger partial charge in [0.15, 0.2) is 10.6 Å². The van der Waals surface area contributed by atoms with E-state index in [0.717, 1.165) is 40.4 Å². The summed E-state index contributed by atoms with van der Waals surface area (Å²) in [4.78, 5) is 12.6. The summed E-state index contributed by atoms with van der Waals surface area (Å²) in [6, 6.07) is 11.5. The van der Waals surface area contributed by atoms with E-state index >= 15 is 0 Å². The zero-order valence-corrected chi connectivity index (χ0v) is 19.8. The van der Waals surface area contributed by atoms with E-state index in [0.29, 0.717) is 30.3 Å². The number of carbonyl (C=O) groups excluding carboxylic acids is 1. The van der Waals surface area contributed by atoms with Crippen LogP contribution in [0.3, 0.4) is 0 Å². The van der Waals surface area contributed by atoms with E-state index in [2.05, 4.69) is 15.5 Å². The molecular weight excluding hydrogens is 440 g/mol. The Morgan fingerprint density at radius 3 is 2.85 bits per heavy atom. The van der Waals surface area contributed by atoms with Gasteiger partial charge in [-0.05, 0) is 62.5 Å². The first-order chi connectivity index (χ1) is 16.0. The highest BCUT2D eigenvalue weighted by atomic mass is 32.1. The molecule has 0 spiro atoms. The van der Waals surface area contributed by atoms with E-state index < -0.39 is 0 Å². The van der Waals surface area contributed by atoms with Crippen molar-refractivity contribution in [3.8, 4) is 28.6 Å². The van der Waals surface area contributed by atoms with Crippen LogP contribution in [0.15, 0.2) is 36.4 Å². The molecule has 0 aliphatic carbocycles. The zero-order chi connectivity index (χ0) is 23.4. The minimum absolute atomic E-state index is 0.0870. The van der Waals surface area contributed by atoms with E-state index in [-0.39, 0.29) is 18.4 Å². The van der Waals surface area contributed by atoms with Crippen LogP contribution in [0.2, 0.25) is 0 Å². The molecule has 8 nitrogen and oxygen atoms in total. The SMILES string of the molecule is CCOc1cc2c(cc1CNC(=O)CCn1c(-c3ccc(OC)cc3)n[nH]c1=S)OC(C)C2. The van der Waals surface area contributed by atoms with Crippen molar-refractivity contribution < 1.29 is 19.0 Å². The number of benzene rings is 2. The number of nitrogens with zero attached hydrogens (tertiary/aromatic N) is 2. The van der Waals surface area contributed by atoms with E-state index in [1.165, 1.54) is 0 Å². The Labute approximate surface area is 197 Å². The average molecular weight is 469 g/mol. The molecule has 3 aromatic rings. The number of nitrogens with one attached hydrogen (secondary N) is 2. The van der Waals surface area contributed by atoms with Gasteiger partial charge < -0.3 is 19.5 Å². The molecule has 9 heteroatoms. The zero-order valence-electron chi connectivity index (χ0n) is 19.0. The fraction of sp³-hybridized carbons (Fsp3) is 0.375. The lowest BCUT2D eigenvalue weighted by Gasteiger charge is -2.14. The van der Waals surface area contributed by atoms with E-state index in [9.17, 15) is 4.79 Å². The topological polar surface area (TPSA) is 90.4 Å². The molecule has 1 amide bonds. The molecule has 2 N–H and O–H groups in total. The number of H-pyrrole nitrogens is 1. The third-order valence-corrected chi connectivity index (χ3v) is 5.84. The quantitative estimate of drug-likeness (QED) is 0.461. The van der Waals surface area contributed by atoms with E-state index in [4.69, 9.17) is 26.4 Å². The minimum Gasteiger partial charge on any atom is -0.497 e. The van der Waals surface area contributed by atoms with Crippen molar-refractivity contribution in [1.29, 1.82) is 0 Å². The number of methoxy groups -OCH3 is 1. The van der Waals surface area contributed by atoms with Gasteiger partial charge in [-0.2, -0.15) is 5.10 Å². The third-order valence-electron chi connectivity index (χ3n) is 5.52. The third kappa shape index (κ3) is 5.19. The summed E-state index contributed by atoms with van der Waals surface area (Å²) >= 11 is 5.37. The Hall–Kier alpha value is -3.33. The van der Waals surface area contributed by atoms with E-state index in [1.807, 2.05) is 54.8 Å². The molecule has 0 fully saturated rings. The molecule has 0 bridgehead atoms. The molecule has 0 saturated carbocycles. The maximum absolute atomic E-state index is 12.6. The summed E-state index contributed by atoms with van der Waals surface area (Å²) in [5, 5.41) is 10.1. The fourth-order valence-electron chi connectivity index (χ4n) is 3.89. The van der Waals surface area contributed by atoms with Crippen LogP contribution in [-0.2, 0) is 24.3 Å². The van der Waals surface area contributed by atoms with Crippen molar-refractivity contribution in [2.24, 2.45) is 0 Å². The van der Waals surface area contributed by atoms with Gasteiger partial charge in [0, 0.05) is 42.6 Å². The van der Waals surface area contributed by atoms with Crippen LogP contribution in [0.1, 0.15) is 31.4 Å². The van der Waals surface area contributed by atoms with Gasteiger partial charge >= 0.3 is 0 Å². The Kier molecular flexibility index (Phi) is 6.98. The van der Waals surface area contributed by atoms with Crippen molar-refractivity contribution in [3.63, 3.8) is 0 Å². The lowest BCUT2D eigenvalue weighted by molar-refractivity contribution is -0.121.